The topological polar surface area (TPSA) is 29.6 Å². The minimum atomic E-state index is 0.446. The zero-order valence-electron chi connectivity index (χ0n) is 9.87. The van der Waals surface area contributed by atoms with Gasteiger partial charge in [-0.3, -0.25) is 4.79 Å². The van der Waals surface area contributed by atoms with Crippen molar-refractivity contribution >= 4 is 5.78 Å². The van der Waals surface area contributed by atoms with Crippen LogP contribution >= 0.6 is 0 Å². The van der Waals surface area contributed by atoms with E-state index in [2.05, 4.69) is 13.8 Å². The highest BCUT2D eigenvalue weighted by atomic mass is 16.6. The van der Waals surface area contributed by atoms with Gasteiger partial charge in [0.05, 0.1) is 12.2 Å². The van der Waals surface area contributed by atoms with Crippen LogP contribution in [0, 0.1) is 11.8 Å². The molecule has 1 aliphatic carbocycles. The van der Waals surface area contributed by atoms with Crippen molar-refractivity contribution in [2.24, 2.45) is 11.8 Å². The number of Topliss-reactive ketones (excluding diaryl/α,β-unsaturated/α-hetero) is 1. The largest absolute Gasteiger partial charge is 0.369 e. The highest BCUT2D eigenvalue weighted by Crippen LogP contribution is 2.42. The van der Waals surface area contributed by atoms with E-state index in [0.717, 1.165) is 19.3 Å². The van der Waals surface area contributed by atoms with Crippen LogP contribution in [0.5, 0.6) is 0 Å². The van der Waals surface area contributed by atoms with Crippen LogP contribution in [0.1, 0.15) is 52.4 Å². The predicted octanol–water partition coefficient (Wildman–Crippen LogP) is 2.95. The maximum absolute atomic E-state index is 11.7. The van der Waals surface area contributed by atoms with Crippen molar-refractivity contribution in [3.63, 3.8) is 0 Å². The minimum Gasteiger partial charge on any atom is -0.369 e. The molecule has 86 valence electrons. The number of ether oxygens (including phenoxy) is 1. The molecule has 0 aromatic rings. The van der Waals surface area contributed by atoms with Crippen molar-refractivity contribution < 1.29 is 9.53 Å². The van der Waals surface area contributed by atoms with Gasteiger partial charge >= 0.3 is 0 Å². The normalized spacial score (nSPS) is 33.9. The molecule has 0 unspecified atom stereocenters. The first-order valence-electron chi connectivity index (χ1n) is 6.34. The van der Waals surface area contributed by atoms with Crippen LogP contribution in [0.15, 0.2) is 0 Å². The molecule has 0 N–H and O–H groups in total. The molecule has 15 heavy (non-hydrogen) atoms. The fraction of sp³-hybridized carbons (Fsp3) is 0.923. The molecule has 2 rings (SSSR count). The summed E-state index contributed by atoms with van der Waals surface area (Å²) in [5.74, 6) is 1.64. The quantitative estimate of drug-likeness (QED) is 0.653. The molecule has 1 saturated carbocycles. The number of hydrogen-bond acceptors (Lipinski definition) is 2. The summed E-state index contributed by atoms with van der Waals surface area (Å²) in [4.78, 5) is 11.7. The summed E-state index contributed by atoms with van der Waals surface area (Å²) in [5.41, 5.74) is 0. The van der Waals surface area contributed by atoms with E-state index in [9.17, 15) is 4.79 Å². The van der Waals surface area contributed by atoms with E-state index in [1.807, 2.05) is 0 Å². The van der Waals surface area contributed by atoms with Crippen molar-refractivity contribution in [2.75, 3.05) is 0 Å². The molecule has 0 radical (unpaired) electrons. The van der Waals surface area contributed by atoms with Crippen LogP contribution in [-0.2, 0) is 9.53 Å². The van der Waals surface area contributed by atoms with Gasteiger partial charge in [0.1, 0.15) is 5.78 Å². The summed E-state index contributed by atoms with van der Waals surface area (Å²) in [6, 6.07) is 0. The van der Waals surface area contributed by atoms with Gasteiger partial charge in [0.25, 0.3) is 0 Å². The molecule has 2 fully saturated rings. The van der Waals surface area contributed by atoms with Crippen molar-refractivity contribution in [1.29, 1.82) is 0 Å². The van der Waals surface area contributed by atoms with Gasteiger partial charge in [-0.25, -0.2) is 0 Å². The number of fused-ring (bicyclic) bond motifs is 1. The standard InChI is InChI=1S/C13H22O2/c1-9(2)6-7-11(14)8-10-4-3-5-12-13(10)15-12/h9-10,12-13H,3-8H2,1-2H3/t10-,12-,13+/m0/s1. The Morgan fingerprint density at radius 1 is 1.40 bits per heavy atom. The van der Waals surface area contributed by atoms with Crippen LogP contribution in [-0.4, -0.2) is 18.0 Å². The number of carbonyl (C=O) groups excluding carboxylic acids is 1. The zero-order chi connectivity index (χ0) is 10.8. The summed E-state index contributed by atoms with van der Waals surface area (Å²) in [6.07, 6.45) is 7.22. The second kappa shape index (κ2) is 4.65. The molecule has 1 aliphatic heterocycles. The Labute approximate surface area is 92.4 Å². The number of rotatable bonds is 5. The van der Waals surface area contributed by atoms with Crippen LogP contribution in [0.2, 0.25) is 0 Å². The van der Waals surface area contributed by atoms with Crippen molar-refractivity contribution in [3.8, 4) is 0 Å². The number of epoxide rings is 1. The first-order chi connectivity index (χ1) is 7.16. The van der Waals surface area contributed by atoms with Crippen LogP contribution in [0.3, 0.4) is 0 Å². The Kier molecular flexibility index (Phi) is 3.45. The molecule has 0 spiro atoms. The third-order valence-electron chi connectivity index (χ3n) is 3.64. The molecular formula is C13H22O2. The predicted molar refractivity (Wildman–Crippen MR) is 59.7 cm³/mol. The van der Waals surface area contributed by atoms with E-state index < -0.39 is 0 Å². The highest BCUT2D eigenvalue weighted by molar-refractivity contribution is 5.78. The Balaban J connectivity index is 1.69. The van der Waals surface area contributed by atoms with E-state index in [1.54, 1.807) is 0 Å². The number of ketones is 1. The summed E-state index contributed by atoms with van der Waals surface area (Å²) in [6.45, 7) is 4.35. The van der Waals surface area contributed by atoms with Gasteiger partial charge in [-0.1, -0.05) is 20.3 Å². The Morgan fingerprint density at radius 3 is 2.93 bits per heavy atom. The Bertz CT molecular complexity index is 235. The van der Waals surface area contributed by atoms with Gasteiger partial charge in [0.2, 0.25) is 0 Å². The average Bonchev–Trinajstić information content (AvgIpc) is 2.94. The van der Waals surface area contributed by atoms with Crippen molar-refractivity contribution in [1.82, 2.24) is 0 Å². The Hall–Kier alpha value is -0.370. The molecule has 2 aliphatic rings. The van der Waals surface area contributed by atoms with Crippen LogP contribution in [0.4, 0.5) is 0 Å². The average molecular weight is 210 g/mol. The molecular weight excluding hydrogens is 188 g/mol. The van der Waals surface area contributed by atoms with Gasteiger partial charge in [-0.2, -0.15) is 0 Å². The van der Waals surface area contributed by atoms with Gasteiger partial charge in [-0.15, -0.1) is 0 Å². The summed E-state index contributed by atoms with van der Waals surface area (Å²) < 4.78 is 5.56. The molecule has 0 bridgehead atoms. The molecule has 3 atom stereocenters. The van der Waals surface area contributed by atoms with Gasteiger partial charge in [0, 0.05) is 12.8 Å². The zero-order valence-corrected chi connectivity index (χ0v) is 9.87. The molecule has 2 nitrogen and oxygen atoms in total. The lowest BCUT2D eigenvalue weighted by Gasteiger charge is -2.17. The molecule has 0 aromatic heterocycles. The van der Waals surface area contributed by atoms with E-state index in [1.165, 1.54) is 19.3 Å². The first kappa shape index (κ1) is 11.1. The van der Waals surface area contributed by atoms with E-state index in [0.29, 0.717) is 29.8 Å². The van der Waals surface area contributed by atoms with Gasteiger partial charge in [0.15, 0.2) is 0 Å². The van der Waals surface area contributed by atoms with Crippen LogP contribution in [0.25, 0.3) is 0 Å². The SMILES string of the molecule is CC(C)CCC(=O)C[C@@H]1CCC[C@@H]2O[C@H]12. The van der Waals surface area contributed by atoms with Crippen LogP contribution < -0.4 is 0 Å². The monoisotopic (exact) mass is 210 g/mol. The summed E-state index contributed by atoms with van der Waals surface area (Å²) in [7, 11) is 0. The van der Waals surface area contributed by atoms with Crippen molar-refractivity contribution in [3.05, 3.63) is 0 Å². The number of carbonyl (C=O) groups is 1. The van der Waals surface area contributed by atoms with Crippen molar-refractivity contribution in [2.45, 2.75) is 64.6 Å². The number of hydrogen-bond donors (Lipinski definition) is 0. The molecule has 0 aromatic carbocycles. The maximum atomic E-state index is 11.7. The molecule has 0 amide bonds. The van der Waals surface area contributed by atoms with Gasteiger partial charge in [-0.05, 0) is 31.1 Å². The Morgan fingerprint density at radius 2 is 2.20 bits per heavy atom. The highest BCUT2D eigenvalue weighted by Gasteiger charge is 2.47. The van der Waals surface area contributed by atoms with E-state index in [4.69, 9.17) is 4.74 Å². The minimum absolute atomic E-state index is 0.446. The van der Waals surface area contributed by atoms with E-state index >= 15 is 0 Å². The summed E-state index contributed by atoms with van der Waals surface area (Å²) in [5, 5.41) is 0. The molecule has 2 heteroatoms. The molecule has 1 heterocycles. The first-order valence-corrected chi connectivity index (χ1v) is 6.34. The third kappa shape index (κ3) is 3.04. The lowest BCUT2D eigenvalue weighted by Crippen LogP contribution is -2.19. The lowest BCUT2D eigenvalue weighted by molar-refractivity contribution is -0.120. The lowest BCUT2D eigenvalue weighted by atomic mass is 9.85. The second-order valence-electron chi connectivity index (χ2n) is 5.51. The fourth-order valence-electron chi connectivity index (χ4n) is 2.61. The maximum Gasteiger partial charge on any atom is 0.133 e. The van der Waals surface area contributed by atoms with Gasteiger partial charge < -0.3 is 4.74 Å². The molecule has 1 saturated heterocycles. The van der Waals surface area contributed by atoms with E-state index in [-0.39, 0.29) is 0 Å². The summed E-state index contributed by atoms with van der Waals surface area (Å²) >= 11 is 0. The fourth-order valence-corrected chi connectivity index (χ4v) is 2.61. The smallest absolute Gasteiger partial charge is 0.133 e. The second-order valence-corrected chi connectivity index (χ2v) is 5.51. The third-order valence-corrected chi connectivity index (χ3v) is 3.64.